The molecule has 0 unspecified atom stereocenters. The van der Waals surface area contributed by atoms with E-state index in [4.69, 9.17) is 9.47 Å². The third-order valence-electron chi connectivity index (χ3n) is 3.90. The number of benzene rings is 1. The number of carbonyl (C=O) groups is 1. The Morgan fingerprint density at radius 3 is 2.64 bits per heavy atom. The molecule has 2 N–H and O–H groups in total. The average molecular weight is 379 g/mol. The second kappa shape index (κ2) is 8.81. The lowest BCUT2D eigenvalue weighted by molar-refractivity contribution is 0.0945. The van der Waals surface area contributed by atoms with Crippen molar-refractivity contribution in [2.24, 2.45) is 0 Å². The van der Waals surface area contributed by atoms with Gasteiger partial charge >= 0.3 is 0 Å². The summed E-state index contributed by atoms with van der Waals surface area (Å²) in [5.74, 6) is 1.92. The average Bonchev–Trinajstić information content (AvgIpc) is 2.72. The molecule has 8 heteroatoms. The first-order valence-corrected chi connectivity index (χ1v) is 8.62. The standard InChI is InChI=1S/C20H21N5O3/c1-13-23-17(20(26)22-12-14-6-4-5-9-21-14)11-19(24-13)25-16-8-7-15(27-2)10-18(16)28-3/h4-11H,12H2,1-3H3,(H,22,26)(H,23,24,25). The Morgan fingerprint density at radius 1 is 1.07 bits per heavy atom. The topological polar surface area (TPSA) is 98.3 Å². The molecule has 0 atom stereocenters. The fourth-order valence-electron chi connectivity index (χ4n) is 2.55. The van der Waals surface area contributed by atoms with Crippen LogP contribution in [-0.4, -0.2) is 35.1 Å². The molecule has 144 valence electrons. The van der Waals surface area contributed by atoms with Crippen molar-refractivity contribution in [1.29, 1.82) is 0 Å². The Kier molecular flexibility index (Phi) is 6.01. The molecule has 8 nitrogen and oxygen atoms in total. The lowest BCUT2D eigenvalue weighted by atomic mass is 10.2. The first-order chi connectivity index (χ1) is 13.6. The van der Waals surface area contributed by atoms with Crippen molar-refractivity contribution in [1.82, 2.24) is 20.3 Å². The highest BCUT2D eigenvalue weighted by molar-refractivity contribution is 5.93. The van der Waals surface area contributed by atoms with Gasteiger partial charge in [-0.1, -0.05) is 6.07 Å². The van der Waals surface area contributed by atoms with Gasteiger partial charge in [0.15, 0.2) is 0 Å². The number of pyridine rings is 1. The monoisotopic (exact) mass is 379 g/mol. The summed E-state index contributed by atoms with van der Waals surface area (Å²) in [5.41, 5.74) is 1.72. The van der Waals surface area contributed by atoms with Crippen LogP contribution >= 0.6 is 0 Å². The van der Waals surface area contributed by atoms with Crippen LogP contribution in [0.5, 0.6) is 11.5 Å². The van der Waals surface area contributed by atoms with Gasteiger partial charge in [0.05, 0.1) is 32.1 Å². The van der Waals surface area contributed by atoms with Crippen LogP contribution in [0.25, 0.3) is 0 Å². The van der Waals surface area contributed by atoms with Gasteiger partial charge in [-0.2, -0.15) is 0 Å². The minimum Gasteiger partial charge on any atom is -0.497 e. The fourth-order valence-corrected chi connectivity index (χ4v) is 2.55. The summed E-state index contributed by atoms with van der Waals surface area (Å²) in [6.07, 6.45) is 1.68. The van der Waals surface area contributed by atoms with Gasteiger partial charge in [-0.15, -0.1) is 0 Å². The Balaban J connectivity index is 1.77. The summed E-state index contributed by atoms with van der Waals surface area (Å²) in [6, 6.07) is 12.5. The first kappa shape index (κ1) is 19.1. The molecule has 0 saturated heterocycles. The molecule has 0 radical (unpaired) electrons. The van der Waals surface area contributed by atoms with Crippen LogP contribution in [0.15, 0.2) is 48.7 Å². The van der Waals surface area contributed by atoms with Gasteiger partial charge in [-0.3, -0.25) is 9.78 Å². The molecule has 0 saturated carbocycles. The predicted molar refractivity (Wildman–Crippen MR) is 105 cm³/mol. The van der Waals surface area contributed by atoms with E-state index in [1.54, 1.807) is 45.5 Å². The number of rotatable bonds is 7. The molecule has 0 aliphatic rings. The van der Waals surface area contributed by atoms with Gasteiger partial charge in [0.25, 0.3) is 5.91 Å². The Labute approximate surface area is 163 Å². The molecule has 3 aromatic rings. The zero-order valence-electron chi connectivity index (χ0n) is 15.9. The summed E-state index contributed by atoms with van der Waals surface area (Å²) in [6.45, 7) is 2.05. The third-order valence-corrected chi connectivity index (χ3v) is 3.90. The van der Waals surface area contributed by atoms with Gasteiger partial charge in [0, 0.05) is 18.3 Å². The van der Waals surface area contributed by atoms with E-state index in [0.717, 1.165) is 5.69 Å². The molecule has 2 aromatic heterocycles. The molecule has 3 rings (SSSR count). The highest BCUT2D eigenvalue weighted by Gasteiger charge is 2.12. The second-order valence-electron chi connectivity index (χ2n) is 5.88. The smallest absolute Gasteiger partial charge is 0.270 e. The number of aromatic nitrogens is 3. The normalized spacial score (nSPS) is 10.2. The number of nitrogens with one attached hydrogen (secondary N) is 2. The van der Waals surface area contributed by atoms with Crippen LogP contribution in [0.4, 0.5) is 11.5 Å². The lowest BCUT2D eigenvalue weighted by Gasteiger charge is -2.13. The van der Waals surface area contributed by atoms with Gasteiger partial charge in [-0.25, -0.2) is 9.97 Å². The number of anilines is 2. The van der Waals surface area contributed by atoms with Crippen molar-refractivity contribution in [3.05, 3.63) is 65.9 Å². The maximum Gasteiger partial charge on any atom is 0.270 e. The number of hydrogen-bond donors (Lipinski definition) is 2. The van der Waals surface area contributed by atoms with E-state index in [2.05, 4.69) is 25.6 Å². The molecule has 1 amide bonds. The zero-order valence-corrected chi connectivity index (χ0v) is 15.9. The van der Waals surface area contributed by atoms with Gasteiger partial charge in [0.2, 0.25) is 0 Å². The van der Waals surface area contributed by atoms with Crippen LogP contribution in [0.3, 0.4) is 0 Å². The van der Waals surface area contributed by atoms with Crippen molar-refractivity contribution >= 4 is 17.4 Å². The largest absolute Gasteiger partial charge is 0.497 e. The molecular formula is C20H21N5O3. The van der Waals surface area contributed by atoms with E-state index in [9.17, 15) is 4.79 Å². The lowest BCUT2D eigenvalue weighted by Crippen LogP contribution is -2.24. The Hall–Kier alpha value is -3.68. The van der Waals surface area contributed by atoms with Crippen LogP contribution < -0.4 is 20.1 Å². The van der Waals surface area contributed by atoms with Gasteiger partial charge in [-0.05, 0) is 31.2 Å². The summed E-state index contributed by atoms with van der Waals surface area (Å²) in [5, 5.41) is 5.97. The van der Waals surface area contributed by atoms with Crippen LogP contribution in [-0.2, 0) is 6.54 Å². The van der Waals surface area contributed by atoms with Crippen LogP contribution in [0.1, 0.15) is 22.0 Å². The number of methoxy groups -OCH3 is 2. The predicted octanol–water partition coefficient (Wildman–Crippen LogP) is 2.87. The highest BCUT2D eigenvalue weighted by Crippen LogP contribution is 2.31. The first-order valence-electron chi connectivity index (χ1n) is 8.62. The van der Waals surface area contributed by atoms with Crippen molar-refractivity contribution < 1.29 is 14.3 Å². The minimum absolute atomic E-state index is 0.262. The Morgan fingerprint density at radius 2 is 1.93 bits per heavy atom. The van der Waals surface area contributed by atoms with Crippen molar-refractivity contribution in [3.8, 4) is 11.5 Å². The van der Waals surface area contributed by atoms with E-state index in [-0.39, 0.29) is 11.6 Å². The summed E-state index contributed by atoms with van der Waals surface area (Å²) < 4.78 is 10.6. The zero-order chi connectivity index (χ0) is 19.9. The SMILES string of the molecule is COc1ccc(Nc2cc(C(=O)NCc3ccccn3)nc(C)n2)c(OC)c1. The van der Waals surface area contributed by atoms with Crippen LogP contribution in [0, 0.1) is 6.92 Å². The van der Waals surface area contributed by atoms with Gasteiger partial charge < -0.3 is 20.1 Å². The maximum absolute atomic E-state index is 12.5. The molecule has 1 aromatic carbocycles. The van der Waals surface area contributed by atoms with E-state index in [0.29, 0.717) is 35.4 Å². The molecule has 0 bridgehead atoms. The van der Waals surface area contributed by atoms with Crippen LogP contribution in [0.2, 0.25) is 0 Å². The highest BCUT2D eigenvalue weighted by atomic mass is 16.5. The second-order valence-corrected chi connectivity index (χ2v) is 5.88. The molecule has 28 heavy (non-hydrogen) atoms. The van der Waals surface area contributed by atoms with Gasteiger partial charge in [0.1, 0.15) is 28.8 Å². The molecule has 2 heterocycles. The Bertz CT molecular complexity index is 963. The summed E-state index contributed by atoms with van der Waals surface area (Å²) >= 11 is 0. The van der Waals surface area contributed by atoms with E-state index in [1.807, 2.05) is 24.3 Å². The fraction of sp³-hybridized carbons (Fsp3) is 0.200. The number of carbonyl (C=O) groups excluding carboxylic acids is 1. The number of nitrogens with zero attached hydrogens (tertiary/aromatic N) is 3. The van der Waals surface area contributed by atoms with Crippen molar-refractivity contribution in [3.63, 3.8) is 0 Å². The molecule has 0 aliphatic carbocycles. The number of amides is 1. The van der Waals surface area contributed by atoms with E-state index < -0.39 is 0 Å². The maximum atomic E-state index is 12.5. The minimum atomic E-state index is -0.305. The molecule has 0 aliphatic heterocycles. The van der Waals surface area contributed by atoms with E-state index in [1.165, 1.54) is 0 Å². The summed E-state index contributed by atoms with van der Waals surface area (Å²) in [4.78, 5) is 25.2. The van der Waals surface area contributed by atoms with Crippen molar-refractivity contribution in [2.75, 3.05) is 19.5 Å². The number of ether oxygens (including phenoxy) is 2. The third kappa shape index (κ3) is 4.73. The molecule has 0 fully saturated rings. The van der Waals surface area contributed by atoms with Crippen molar-refractivity contribution in [2.45, 2.75) is 13.5 Å². The molecule has 0 spiro atoms. The quantitative estimate of drug-likeness (QED) is 0.651. The number of aryl methyl sites for hydroxylation is 1. The summed E-state index contributed by atoms with van der Waals surface area (Å²) in [7, 11) is 3.16. The van der Waals surface area contributed by atoms with E-state index >= 15 is 0 Å². The number of hydrogen-bond acceptors (Lipinski definition) is 7. The molecular weight excluding hydrogens is 358 g/mol.